The van der Waals surface area contributed by atoms with Gasteiger partial charge in [-0.25, -0.2) is 9.07 Å². The lowest BCUT2D eigenvalue weighted by Gasteiger charge is -2.18. The molecule has 0 aliphatic rings. The zero-order valence-electron chi connectivity index (χ0n) is 18.7. The second-order valence-corrected chi connectivity index (χ2v) is 9.66. The van der Waals surface area contributed by atoms with Crippen LogP contribution in [0.1, 0.15) is 33.4 Å². The van der Waals surface area contributed by atoms with E-state index in [1.807, 2.05) is 43.5 Å². The summed E-state index contributed by atoms with van der Waals surface area (Å²) in [6.07, 6.45) is 0. The summed E-state index contributed by atoms with van der Waals surface area (Å²) in [6, 6.07) is 15.5. The van der Waals surface area contributed by atoms with E-state index in [1.165, 1.54) is 39.9 Å². The van der Waals surface area contributed by atoms with E-state index in [1.54, 1.807) is 12.1 Å². The van der Waals surface area contributed by atoms with Gasteiger partial charge in [-0.15, -0.1) is 21.5 Å². The van der Waals surface area contributed by atoms with Crippen molar-refractivity contribution in [3.63, 3.8) is 0 Å². The first kappa shape index (κ1) is 23.8. The highest BCUT2D eigenvalue weighted by molar-refractivity contribution is 7.99. The topological polar surface area (TPSA) is 95.1 Å². The molecular formula is C24H24FN5O2S2. The number of carbonyl (C=O) groups excluding carboxylic acids is 1. The predicted molar refractivity (Wildman–Crippen MR) is 132 cm³/mol. The summed E-state index contributed by atoms with van der Waals surface area (Å²) in [4.78, 5) is 13.7. The Labute approximate surface area is 205 Å². The van der Waals surface area contributed by atoms with Crippen LogP contribution in [0.5, 0.6) is 5.75 Å². The average Bonchev–Trinajstić information content (AvgIpc) is 3.45. The zero-order chi connectivity index (χ0) is 24.1. The van der Waals surface area contributed by atoms with E-state index in [9.17, 15) is 9.18 Å². The lowest BCUT2D eigenvalue weighted by Crippen LogP contribution is -2.30. The molecule has 0 fully saturated rings. The van der Waals surface area contributed by atoms with Gasteiger partial charge in [0.05, 0.1) is 11.8 Å². The van der Waals surface area contributed by atoms with Crippen LogP contribution in [-0.2, 0) is 11.4 Å². The first-order chi connectivity index (χ1) is 16.4. The maximum Gasteiger partial charge on any atom is 0.231 e. The van der Waals surface area contributed by atoms with Crippen LogP contribution in [0.2, 0.25) is 0 Å². The fraction of sp³-hybridized carbons (Fsp3) is 0.208. The molecule has 3 N–H and O–H groups in total. The number of carbonyl (C=O) groups is 1. The molecule has 2 aromatic carbocycles. The Hall–Kier alpha value is -3.37. The smallest absolute Gasteiger partial charge is 0.231 e. The molecule has 34 heavy (non-hydrogen) atoms. The van der Waals surface area contributed by atoms with E-state index in [0.29, 0.717) is 11.0 Å². The minimum absolute atomic E-state index is 0.0936. The quantitative estimate of drug-likeness (QED) is 0.263. The van der Waals surface area contributed by atoms with E-state index in [-0.39, 0.29) is 30.1 Å². The van der Waals surface area contributed by atoms with Gasteiger partial charge in [0.15, 0.2) is 5.82 Å². The number of nitrogen functional groups attached to an aromatic ring is 1. The highest BCUT2D eigenvalue weighted by Gasteiger charge is 2.19. The Balaban J connectivity index is 1.36. The van der Waals surface area contributed by atoms with Crippen molar-refractivity contribution >= 4 is 29.0 Å². The summed E-state index contributed by atoms with van der Waals surface area (Å²) in [6.45, 7) is 4.17. The lowest BCUT2D eigenvalue weighted by molar-refractivity contribution is -0.119. The van der Waals surface area contributed by atoms with Crippen molar-refractivity contribution < 1.29 is 13.9 Å². The number of ether oxygens (including phenoxy) is 1. The van der Waals surface area contributed by atoms with Gasteiger partial charge in [-0.1, -0.05) is 36.0 Å². The molecule has 0 saturated carbocycles. The number of nitrogens with two attached hydrogens (primary N) is 1. The zero-order valence-corrected chi connectivity index (χ0v) is 20.3. The number of nitrogens with zero attached hydrogens (tertiary/aromatic N) is 3. The summed E-state index contributed by atoms with van der Waals surface area (Å²) in [5.41, 5.74) is 3.01. The van der Waals surface area contributed by atoms with E-state index in [4.69, 9.17) is 10.6 Å². The highest BCUT2D eigenvalue weighted by Crippen LogP contribution is 2.27. The number of nitrogens with one attached hydrogen (secondary N) is 1. The molecule has 4 rings (SSSR count). The molecule has 2 aromatic heterocycles. The Bertz CT molecular complexity index is 1240. The summed E-state index contributed by atoms with van der Waals surface area (Å²) in [7, 11) is 0. The summed E-state index contributed by atoms with van der Waals surface area (Å²) >= 11 is 2.70. The van der Waals surface area contributed by atoms with E-state index in [2.05, 4.69) is 21.6 Å². The number of hydrogen-bond acceptors (Lipinski definition) is 7. The Kier molecular flexibility index (Phi) is 7.49. The molecular weight excluding hydrogens is 473 g/mol. The van der Waals surface area contributed by atoms with Crippen molar-refractivity contribution in [2.45, 2.75) is 31.7 Å². The number of thiophene rings is 1. The molecule has 0 aliphatic heterocycles. The van der Waals surface area contributed by atoms with Crippen molar-refractivity contribution in [3.05, 3.63) is 93.2 Å². The standard InChI is InChI=1S/C24H24FN5O2S2/c1-15-10-16(2)12-19(11-15)32-13-21-28-29-24(30(21)26)34-14-22(31)27-23(20-4-3-9-33-20)17-5-7-18(25)8-6-17/h3-12,23H,13-14,26H2,1-2H3,(H,27,31). The van der Waals surface area contributed by atoms with Crippen molar-refractivity contribution in [3.8, 4) is 5.75 Å². The second kappa shape index (κ2) is 10.7. The van der Waals surface area contributed by atoms with Crippen LogP contribution in [0, 0.1) is 19.7 Å². The number of benzene rings is 2. The molecule has 0 saturated heterocycles. The molecule has 7 nitrogen and oxygen atoms in total. The molecule has 1 atom stereocenters. The third kappa shape index (κ3) is 5.95. The summed E-state index contributed by atoms with van der Waals surface area (Å²) < 4.78 is 20.5. The van der Waals surface area contributed by atoms with Gasteiger partial charge < -0.3 is 15.9 Å². The fourth-order valence-electron chi connectivity index (χ4n) is 3.43. The number of amides is 1. The van der Waals surface area contributed by atoms with Gasteiger partial charge in [-0.3, -0.25) is 4.79 Å². The van der Waals surface area contributed by atoms with Crippen LogP contribution >= 0.6 is 23.1 Å². The SMILES string of the molecule is Cc1cc(C)cc(OCc2nnc(SCC(=O)NC(c3ccc(F)cc3)c3cccs3)n2N)c1. The van der Waals surface area contributed by atoms with Crippen LogP contribution in [-0.4, -0.2) is 26.5 Å². The van der Waals surface area contributed by atoms with Gasteiger partial charge in [0.25, 0.3) is 0 Å². The Morgan fingerprint density at radius 1 is 1.18 bits per heavy atom. The van der Waals surface area contributed by atoms with Gasteiger partial charge in [0, 0.05) is 4.88 Å². The second-order valence-electron chi connectivity index (χ2n) is 7.74. The third-order valence-corrected chi connectivity index (χ3v) is 6.85. The summed E-state index contributed by atoms with van der Waals surface area (Å²) in [5.74, 6) is 6.87. The number of halogens is 1. The third-order valence-electron chi connectivity index (χ3n) is 4.97. The predicted octanol–water partition coefficient (Wildman–Crippen LogP) is 4.39. The minimum Gasteiger partial charge on any atom is -0.486 e. The van der Waals surface area contributed by atoms with Gasteiger partial charge in [0.2, 0.25) is 11.1 Å². The largest absolute Gasteiger partial charge is 0.486 e. The molecule has 1 unspecified atom stereocenters. The first-order valence-corrected chi connectivity index (χ1v) is 12.4. The molecule has 0 radical (unpaired) electrons. The molecule has 1 amide bonds. The monoisotopic (exact) mass is 497 g/mol. The number of aromatic nitrogens is 3. The van der Waals surface area contributed by atoms with E-state index < -0.39 is 0 Å². The highest BCUT2D eigenvalue weighted by atomic mass is 32.2. The van der Waals surface area contributed by atoms with Gasteiger partial charge in [0.1, 0.15) is 18.2 Å². The van der Waals surface area contributed by atoms with Crippen molar-refractivity contribution in [2.75, 3.05) is 11.6 Å². The molecule has 4 aromatic rings. The maximum atomic E-state index is 13.4. The average molecular weight is 498 g/mol. The van der Waals surface area contributed by atoms with E-state index >= 15 is 0 Å². The van der Waals surface area contributed by atoms with Crippen molar-refractivity contribution in [2.24, 2.45) is 0 Å². The van der Waals surface area contributed by atoms with Crippen LogP contribution in [0.4, 0.5) is 4.39 Å². The molecule has 0 spiro atoms. The molecule has 10 heteroatoms. The van der Waals surface area contributed by atoms with Crippen LogP contribution in [0.25, 0.3) is 0 Å². The van der Waals surface area contributed by atoms with E-state index in [0.717, 1.165) is 27.3 Å². The van der Waals surface area contributed by atoms with Gasteiger partial charge in [-0.2, -0.15) is 0 Å². The Morgan fingerprint density at radius 2 is 1.91 bits per heavy atom. The number of thioether (sulfide) groups is 1. The lowest BCUT2D eigenvalue weighted by atomic mass is 10.1. The molecule has 176 valence electrons. The van der Waals surface area contributed by atoms with Crippen LogP contribution in [0.15, 0.2) is 65.1 Å². The number of rotatable bonds is 9. The van der Waals surface area contributed by atoms with Crippen molar-refractivity contribution in [1.29, 1.82) is 0 Å². The van der Waals surface area contributed by atoms with Gasteiger partial charge >= 0.3 is 0 Å². The fourth-order valence-corrected chi connectivity index (χ4v) is 4.92. The Morgan fingerprint density at radius 3 is 2.59 bits per heavy atom. The number of hydrogen-bond donors (Lipinski definition) is 2. The molecule has 0 aliphatic carbocycles. The van der Waals surface area contributed by atoms with Crippen LogP contribution in [0.3, 0.4) is 0 Å². The maximum absolute atomic E-state index is 13.4. The summed E-state index contributed by atoms with van der Waals surface area (Å²) in [5, 5.41) is 13.5. The first-order valence-electron chi connectivity index (χ1n) is 10.5. The van der Waals surface area contributed by atoms with Crippen LogP contribution < -0.4 is 15.9 Å². The number of aryl methyl sites for hydroxylation is 2. The van der Waals surface area contributed by atoms with Gasteiger partial charge in [-0.05, 0) is 66.2 Å². The normalized spacial score (nSPS) is 11.9. The minimum atomic E-state index is -0.369. The molecule has 2 heterocycles. The molecule has 0 bridgehead atoms. The van der Waals surface area contributed by atoms with Crippen molar-refractivity contribution in [1.82, 2.24) is 20.2 Å².